The molecule has 0 bridgehead atoms. The summed E-state index contributed by atoms with van der Waals surface area (Å²) in [6.07, 6.45) is 3.82. The van der Waals surface area contributed by atoms with E-state index in [1.54, 1.807) is 6.08 Å². The molecule has 4 N–H and O–H groups in total. The molecule has 2 aliphatic rings. The minimum Gasteiger partial charge on any atom is -0.386 e. The average Bonchev–Trinajstić information content (AvgIpc) is 2.54. The molecule has 0 radical (unpaired) electrons. The summed E-state index contributed by atoms with van der Waals surface area (Å²) in [7, 11) is 1.81. The summed E-state index contributed by atoms with van der Waals surface area (Å²) in [5, 5.41) is 13.4. The van der Waals surface area contributed by atoms with Crippen molar-refractivity contribution in [3.05, 3.63) is 23.4 Å². The molecule has 2 atom stereocenters. The molecule has 0 unspecified atom stereocenters. The number of fused-ring (bicyclic) bond motifs is 1. The highest BCUT2D eigenvalue weighted by Crippen LogP contribution is 2.30. The van der Waals surface area contributed by atoms with Gasteiger partial charge in [0.1, 0.15) is 0 Å². The number of nitrogens with one attached hydrogen (secondary N) is 1. The van der Waals surface area contributed by atoms with Crippen LogP contribution < -0.4 is 11.2 Å². The summed E-state index contributed by atoms with van der Waals surface area (Å²) < 4.78 is 0. The van der Waals surface area contributed by atoms with E-state index in [0.29, 0.717) is 12.1 Å². The number of primary amides is 1. The van der Waals surface area contributed by atoms with Crippen molar-refractivity contribution < 1.29 is 14.7 Å². The highest BCUT2D eigenvalue weighted by molar-refractivity contribution is 6.05. The van der Waals surface area contributed by atoms with E-state index >= 15 is 0 Å². The zero-order valence-electron chi connectivity index (χ0n) is 9.83. The van der Waals surface area contributed by atoms with Crippen molar-refractivity contribution in [2.75, 3.05) is 13.6 Å². The van der Waals surface area contributed by atoms with Crippen molar-refractivity contribution >= 4 is 18.0 Å². The number of rotatable bonds is 2. The largest absolute Gasteiger partial charge is 0.386 e. The van der Waals surface area contributed by atoms with Gasteiger partial charge in [-0.15, -0.1) is 0 Å². The molecule has 96 valence electrons. The standard InChI is InChI=1S/C11H14N4O3/c1-15-5-10(17)7-2-6(4-13-14-11(12)18)9(16)3-8(7)15/h2-4,6,10,17H,5H2,1H3,(H3,12,14,18)/b13-4-/t6-,10-/m1/s1. The SMILES string of the molecule is CN1C[C@@H](O)C2=C[C@H](/C=N\NC(N)=O)C(=O)C=C21. The third-order valence-corrected chi connectivity index (χ3v) is 2.89. The van der Waals surface area contributed by atoms with Gasteiger partial charge in [-0.25, -0.2) is 10.2 Å². The fourth-order valence-electron chi connectivity index (χ4n) is 2.04. The van der Waals surface area contributed by atoms with E-state index in [2.05, 4.69) is 5.10 Å². The molecule has 0 saturated carbocycles. The van der Waals surface area contributed by atoms with Crippen LogP contribution >= 0.6 is 0 Å². The molecule has 1 saturated heterocycles. The van der Waals surface area contributed by atoms with E-state index in [1.165, 1.54) is 12.3 Å². The van der Waals surface area contributed by atoms with Crippen LogP contribution in [-0.2, 0) is 4.79 Å². The number of hydrazone groups is 1. The molecule has 7 heteroatoms. The second-order valence-corrected chi connectivity index (χ2v) is 4.23. The van der Waals surface area contributed by atoms with Crippen LogP contribution in [0.1, 0.15) is 0 Å². The van der Waals surface area contributed by atoms with Gasteiger partial charge in [0.15, 0.2) is 5.78 Å². The fraction of sp³-hybridized carbons (Fsp3) is 0.364. The maximum absolute atomic E-state index is 11.8. The number of β-amino-alcohol motifs (C(OH)–C–C–N with tert-alkyl or cyclic N) is 1. The number of carbonyl (C=O) groups is 2. The van der Waals surface area contributed by atoms with Crippen molar-refractivity contribution in [2.45, 2.75) is 6.10 Å². The maximum atomic E-state index is 11.8. The molecule has 0 aromatic carbocycles. The number of allylic oxidation sites excluding steroid dienone is 2. The number of aliphatic hydroxyl groups is 1. The first-order chi connectivity index (χ1) is 8.49. The van der Waals surface area contributed by atoms with Crippen molar-refractivity contribution in [1.82, 2.24) is 10.3 Å². The van der Waals surface area contributed by atoms with Crippen LogP contribution in [0.3, 0.4) is 0 Å². The van der Waals surface area contributed by atoms with E-state index in [9.17, 15) is 14.7 Å². The predicted octanol–water partition coefficient (Wildman–Crippen LogP) is -1.04. The average molecular weight is 250 g/mol. The number of urea groups is 1. The Kier molecular flexibility index (Phi) is 3.15. The van der Waals surface area contributed by atoms with Crippen molar-refractivity contribution in [3.63, 3.8) is 0 Å². The Hall–Kier alpha value is -2.15. The summed E-state index contributed by atoms with van der Waals surface area (Å²) in [6, 6.07) is -0.793. The zero-order chi connectivity index (χ0) is 13.3. The van der Waals surface area contributed by atoms with Crippen molar-refractivity contribution in [1.29, 1.82) is 0 Å². The molecular weight excluding hydrogens is 236 g/mol. The lowest BCUT2D eigenvalue weighted by Gasteiger charge is -2.17. The van der Waals surface area contributed by atoms with Crippen LogP contribution in [0.15, 0.2) is 28.5 Å². The smallest absolute Gasteiger partial charge is 0.332 e. The Morgan fingerprint density at radius 1 is 1.72 bits per heavy atom. The summed E-state index contributed by atoms with van der Waals surface area (Å²) in [4.78, 5) is 24.1. The molecular formula is C11H14N4O3. The quantitative estimate of drug-likeness (QED) is 0.429. The maximum Gasteiger partial charge on any atom is 0.332 e. The van der Waals surface area contributed by atoms with Gasteiger partial charge in [0.2, 0.25) is 0 Å². The van der Waals surface area contributed by atoms with Gasteiger partial charge < -0.3 is 15.7 Å². The van der Waals surface area contributed by atoms with Gasteiger partial charge >= 0.3 is 6.03 Å². The zero-order valence-corrected chi connectivity index (χ0v) is 9.83. The highest BCUT2D eigenvalue weighted by Gasteiger charge is 2.33. The topological polar surface area (TPSA) is 108 Å². The normalized spacial score (nSPS) is 27.0. The van der Waals surface area contributed by atoms with E-state index in [4.69, 9.17) is 5.73 Å². The lowest BCUT2D eigenvalue weighted by molar-refractivity contribution is -0.115. The van der Waals surface area contributed by atoms with Gasteiger partial charge in [-0.2, -0.15) is 5.10 Å². The molecule has 1 aliphatic carbocycles. The van der Waals surface area contributed by atoms with E-state index in [-0.39, 0.29) is 5.78 Å². The van der Waals surface area contributed by atoms with E-state index in [0.717, 1.165) is 5.70 Å². The molecule has 18 heavy (non-hydrogen) atoms. The monoisotopic (exact) mass is 250 g/mol. The van der Waals surface area contributed by atoms with E-state index in [1.807, 2.05) is 17.4 Å². The summed E-state index contributed by atoms with van der Waals surface area (Å²) in [5.41, 5.74) is 8.32. The summed E-state index contributed by atoms with van der Waals surface area (Å²) >= 11 is 0. The van der Waals surface area contributed by atoms with Gasteiger partial charge in [-0.3, -0.25) is 4.79 Å². The first-order valence-corrected chi connectivity index (χ1v) is 5.44. The number of nitrogens with zero attached hydrogens (tertiary/aromatic N) is 2. The molecule has 0 spiro atoms. The molecule has 7 nitrogen and oxygen atoms in total. The number of hydrogen-bond acceptors (Lipinski definition) is 5. The van der Waals surface area contributed by atoms with E-state index < -0.39 is 18.1 Å². The number of nitrogens with two attached hydrogens (primary N) is 1. The highest BCUT2D eigenvalue weighted by atomic mass is 16.3. The molecule has 2 amide bonds. The number of hydrogen-bond donors (Lipinski definition) is 3. The van der Waals surface area contributed by atoms with Gasteiger partial charge in [0.05, 0.1) is 12.0 Å². The van der Waals surface area contributed by atoms with Gasteiger partial charge in [0, 0.05) is 37.2 Å². The van der Waals surface area contributed by atoms with Crippen LogP contribution in [-0.4, -0.2) is 47.7 Å². The van der Waals surface area contributed by atoms with Gasteiger partial charge in [-0.1, -0.05) is 6.08 Å². The molecule has 0 aromatic rings. The molecule has 1 aliphatic heterocycles. The minimum absolute atomic E-state index is 0.148. The van der Waals surface area contributed by atoms with Crippen LogP contribution in [0.5, 0.6) is 0 Å². The number of aliphatic hydroxyl groups excluding tert-OH is 1. The number of likely N-dealkylation sites (tertiary alicyclic amines) is 1. The minimum atomic E-state index is -0.793. The second kappa shape index (κ2) is 4.61. The van der Waals surface area contributed by atoms with Crippen molar-refractivity contribution in [2.24, 2.45) is 16.8 Å². The Bertz CT molecular complexity index is 481. The molecule has 0 aromatic heterocycles. The first-order valence-electron chi connectivity index (χ1n) is 5.44. The first kappa shape index (κ1) is 12.3. The Morgan fingerprint density at radius 3 is 3.11 bits per heavy atom. The van der Waals surface area contributed by atoms with Gasteiger partial charge in [-0.05, 0) is 0 Å². The Labute approximate surface area is 104 Å². The predicted molar refractivity (Wildman–Crippen MR) is 64.5 cm³/mol. The van der Waals surface area contributed by atoms with Crippen LogP contribution in [0, 0.1) is 5.92 Å². The number of amides is 2. The lowest BCUT2D eigenvalue weighted by Crippen LogP contribution is -2.26. The van der Waals surface area contributed by atoms with Crippen LogP contribution in [0.4, 0.5) is 4.79 Å². The van der Waals surface area contributed by atoms with Crippen molar-refractivity contribution in [3.8, 4) is 0 Å². The molecule has 2 rings (SSSR count). The summed E-state index contributed by atoms with van der Waals surface area (Å²) in [5.74, 6) is -0.735. The lowest BCUT2D eigenvalue weighted by atomic mass is 9.93. The summed E-state index contributed by atoms with van der Waals surface area (Å²) in [6.45, 7) is 0.467. The molecule has 1 heterocycles. The fourth-order valence-corrected chi connectivity index (χ4v) is 2.04. The number of carbonyl (C=O) groups excluding carboxylic acids is 2. The number of likely N-dealkylation sites (N-methyl/N-ethyl adjacent to an activating group) is 1. The van der Waals surface area contributed by atoms with Gasteiger partial charge in [0.25, 0.3) is 0 Å². The second-order valence-electron chi connectivity index (χ2n) is 4.23. The third kappa shape index (κ3) is 2.25. The van der Waals surface area contributed by atoms with Crippen LogP contribution in [0.2, 0.25) is 0 Å². The Balaban J connectivity index is 2.17. The number of ketones is 1. The molecule has 1 fully saturated rings. The Morgan fingerprint density at radius 2 is 2.44 bits per heavy atom. The third-order valence-electron chi connectivity index (χ3n) is 2.89. The van der Waals surface area contributed by atoms with Crippen LogP contribution in [0.25, 0.3) is 0 Å².